The molecule has 12 nitrogen and oxygen atoms in total. The second-order valence-electron chi connectivity index (χ2n) is 12.0. The Labute approximate surface area is 294 Å². The maximum atomic E-state index is 14.8. The molecule has 0 saturated heterocycles. The quantitative estimate of drug-likeness (QED) is 0.106. The number of benzene rings is 2. The lowest BCUT2D eigenvalue weighted by Gasteiger charge is -2.25. The molecule has 1 atom stereocenters. The van der Waals surface area contributed by atoms with Gasteiger partial charge in [0.05, 0.1) is 42.6 Å². The first kappa shape index (κ1) is 34.5. The summed E-state index contributed by atoms with van der Waals surface area (Å²) in [5.74, 6) is -0.0237. The van der Waals surface area contributed by atoms with Gasteiger partial charge in [-0.2, -0.15) is 13.9 Å². The van der Waals surface area contributed by atoms with Crippen LogP contribution in [0.3, 0.4) is 0 Å². The van der Waals surface area contributed by atoms with Crippen LogP contribution in [0.4, 0.5) is 22.4 Å². The van der Waals surface area contributed by atoms with Crippen molar-refractivity contribution in [2.24, 2.45) is 7.05 Å². The molecule has 0 radical (unpaired) electrons. The van der Waals surface area contributed by atoms with Crippen molar-refractivity contribution in [3.05, 3.63) is 102 Å². The van der Waals surface area contributed by atoms with E-state index in [4.69, 9.17) is 23.9 Å². The number of fused-ring (bicyclic) bond motifs is 2. The summed E-state index contributed by atoms with van der Waals surface area (Å²) in [6.07, 6.45) is -0.556. The molecule has 16 heteroatoms. The van der Waals surface area contributed by atoms with Crippen LogP contribution < -0.4 is 14.8 Å². The minimum Gasteiger partial charge on any atom is -0.475 e. The molecule has 1 amide bonds. The van der Waals surface area contributed by atoms with Crippen molar-refractivity contribution in [3.8, 4) is 45.5 Å². The fraction of sp³-hybridized carbons (Fsp3) is 0.278. The van der Waals surface area contributed by atoms with Gasteiger partial charge in [-0.25, -0.2) is 23.2 Å². The number of halogens is 4. The van der Waals surface area contributed by atoms with Gasteiger partial charge in [-0.05, 0) is 23.3 Å². The Morgan fingerprint density at radius 2 is 1.69 bits per heavy atom. The van der Waals surface area contributed by atoms with E-state index in [0.29, 0.717) is 24.5 Å². The highest BCUT2D eigenvalue weighted by molar-refractivity contribution is 5.97. The number of aromatic nitrogens is 6. The first-order chi connectivity index (χ1) is 25.2. The van der Waals surface area contributed by atoms with Crippen LogP contribution in [0.25, 0.3) is 33.8 Å². The predicted molar refractivity (Wildman–Crippen MR) is 179 cm³/mol. The van der Waals surface area contributed by atoms with E-state index in [1.165, 1.54) is 22.6 Å². The molecule has 2 aromatic carbocycles. The molecule has 0 fully saturated rings. The van der Waals surface area contributed by atoms with Crippen LogP contribution in [-0.4, -0.2) is 67.7 Å². The molecule has 2 aromatic heterocycles. The zero-order valence-electron chi connectivity index (χ0n) is 27.8. The molecule has 3 aliphatic heterocycles. The SMILES string of the molecule is Cn1cc(-c2c3cccn(Cc4ccccc4)c-3nc2-c2c(C(F)F)nn3c2OC[C@@H](NC(=O)OCCOCc2ccccc2)C3)c(OC(F)F)n1. The Balaban J connectivity index is 1.19. The number of alkyl halides is 4. The number of amides is 1. The highest BCUT2D eigenvalue weighted by atomic mass is 19.3. The van der Waals surface area contributed by atoms with E-state index in [1.807, 2.05) is 65.2 Å². The maximum Gasteiger partial charge on any atom is 0.407 e. The zero-order chi connectivity index (χ0) is 36.2. The standard InChI is InChI=1S/C36H33F4N7O5/c1-45-19-26(33(44-45)52-35(39)40)27-25-13-8-14-46(17-22-9-4-2-5-10-22)32(25)42-29(27)28-30(31(37)38)43-47-18-24(21-51-34(28)47)41-36(48)50-16-15-49-20-23-11-6-3-7-12-23/h2-14,19,24,31,35H,15-18,20-21H2,1H3,(H,41,48)/t24-/m0/s1. The summed E-state index contributed by atoms with van der Waals surface area (Å²) >= 11 is 0. The number of carbonyl (C=O) groups excluding carboxylic acids is 1. The normalized spacial score (nSPS) is 14.1. The lowest BCUT2D eigenvalue weighted by atomic mass is 9.98. The molecular weight excluding hydrogens is 686 g/mol. The van der Waals surface area contributed by atoms with Crippen LogP contribution >= 0.6 is 0 Å². The van der Waals surface area contributed by atoms with Gasteiger partial charge < -0.3 is 28.8 Å². The highest BCUT2D eigenvalue weighted by Crippen LogP contribution is 2.49. The second-order valence-corrected chi connectivity index (χ2v) is 12.0. The van der Waals surface area contributed by atoms with E-state index in [2.05, 4.69) is 15.5 Å². The molecule has 0 unspecified atom stereocenters. The predicted octanol–water partition coefficient (Wildman–Crippen LogP) is 6.54. The summed E-state index contributed by atoms with van der Waals surface area (Å²) in [6, 6.07) is 21.9. The molecule has 3 aliphatic rings. The van der Waals surface area contributed by atoms with Crippen LogP contribution in [0.1, 0.15) is 23.2 Å². The van der Waals surface area contributed by atoms with Gasteiger partial charge in [-0.15, -0.1) is 5.10 Å². The summed E-state index contributed by atoms with van der Waals surface area (Å²) in [4.78, 5) is 17.4. The lowest BCUT2D eigenvalue weighted by molar-refractivity contribution is -0.0527. The third kappa shape index (κ3) is 7.42. The van der Waals surface area contributed by atoms with Gasteiger partial charge in [-0.3, -0.25) is 4.68 Å². The molecule has 52 heavy (non-hydrogen) atoms. The van der Waals surface area contributed by atoms with Crippen LogP contribution in [0.2, 0.25) is 0 Å². The Morgan fingerprint density at radius 3 is 2.42 bits per heavy atom. The van der Waals surface area contributed by atoms with E-state index in [0.717, 1.165) is 11.1 Å². The number of rotatable bonds is 13. The Bertz CT molecular complexity index is 2100. The van der Waals surface area contributed by atoms with Gasteiger partial charge in [0.25, 0.3) is 6.43 Å². The number of hydrogen-bond donors (Lipinski definition) is 1. The molecular formula is C36H33F4N7O5. The summed E-state index contributed by atoms with van der Waals surface area (Å²) in [6.45, 7) is -2.41. The molecule has 0 spiro atoms. The topological polar surface area (TPSA) is 119 Å². The average molecular weight is 720 g/mol. The fourth-order valence-corrected chi connectivity index (χ4v) is 6.13. The smallest absolute Gasteiger partial charge is 0.407 e. The van der Waals surface area contributed by atoms with E-state index in [1.54, 1.807) is 18.3 Å². The van der Waals surface area contributed by atoms with Crippen molar-refractivity contribution in [2.45, 2.75) is 38.8 Å². The van der Waals surface area contributed by atoms with Crippen molar-refractivity contribution in [3.63, 3.8) is 0 Å². The summed E-state index contributed by atoms with van der Waals surface area (Å²) in [5.41, 5.74) is 2.04. The number of nitrogens with one attached hydrogen (secondary N) is 1. The highest BCUT2D eigenvalue weighted by Gasteiger charge is 2.37. The van der Waals surface area contributed by atoms with Gasteiger partial charge in [0.1, 0.15) is 24.7 Å². The summed E-state index contributed by atoms with van der Waals surface area (Å²) in [7, 11) is 1.53. The number of nitrogens with zero attached hydrogens (tertiary/aromatic N) is 6. The second kappa shape index (κ2) is 15.1. The molecule has 270 valence electrons. The fourth-order valence-electron chi connectivity index (χ4n) is 6.13. The molecule has 7 rings (SSSR count). The number of pyridine rings is 1. The molecule has 4 aromatic rings. The van der Waals surface area contributed by atoms with Crippen molar-refractivity contribution < 1.29 is 41.3 Å². The van der Waals surface area contributed by atoms with Gasteiger partial charge in [0.2, 0.25) is 11.8 Å². The van der Waals surface area contributed by atoms with Gasteiger partial charge in [0, 0.05) is 37.1 Å². The largest absolute Gasteiger partial charge is 0.475 e. The molecule has 0 aliphatic carbocycles. The Hall–Kier alpha value is -5.90. The number of alkyl carbamates (subject to hydrolysis) is 1. The Kier molecular flexibility index (Phi) is 10.1. The van der Waals surface area contributed by atoms with E-state index >= 15 is 0 Å². The van der Waals surface area contributed by atoms with E-state index in [-0.39, 0.29) is 54.6 Å². The van der Waals surface area contributed by atoms with Crippen LogP contribution in [0.5, 0.6) is 11.8 Å². The van der Waals surface area contributed by atoms with Crippen molar-refractivity contribution in [2.75, 3.05) is 19.8 Å². The first-order valence-electron chi connectivity index (χ1n) is 16.3. The van der Waals surface area contributed by atoms with Crippen LogP contribution in [0, 0.1) is 0 Å². The summed E-state index contributed by atoms with van der Waals surface area (Å²) < 4.78 is 82.7. The number of carbonyl (C=O) groups is 1. The van der Waals surface area contributed by atoms with E-state index < -0.39 is 36.7 Å². The van der Waals surface area contributed by atoms with E-state index in [9.17, 15) is 22.4 Å². The van der Waals surface area contributed by atoms with Gasteiger partial charge in [0.15, 0.2) is 0 Å². The third-order valence-corrected chi connectivity index (χ3v) is 8.31. The average Bonchev–Trinajstić information content (AvgIpc) is 3.81. The van der Waals surface area contributed by atoms with Gasteiger partial charge in [-0.1, -0.05) is 60.7 Å². The van der Waals surface area contributed by atoms with Gasteiger partial charge >= 0.3 is 12.7 Å². The number of ether oxygens (including phenoxy) is 4. The number of aryl methyl sites for hydroxylation is 1. The minimum absolute atomic E-state index is 0.00614. The maximum absolute atomic E-state index is 14.8. The summed E-state index contributed by atoms with van der Waals surface area (Å²) in [5, 5.41) is 10.9. The lowest BCUT2D eigenvalue weighted by Crippen LogP contribution is -2.45. The van der Waals surface area contributed by atoms with Crippen LogP contribution in [-0.2, 0) is 36.2 Å². The Morgan fingerprint density at radius 1 is 0.942 bits per heavy atom. The number of hydrogen-bond acceptors (Lipinski definition) is 8. The molecule has 0 bridgehead atoms. The van der Waals surface area contributed by atoms with Crippen molar-refractivity contribution >= 4 is 6.09 Å². The zero-order valence-corrected chi connectivity index (χ0v) is 27.8. The molecule has 5 heterocycles. The molecule has 0 saturated carbocycles. The van der Waals surface area contributed by atoms with Crippen molar-refractivity contribution in [1.82, 2.24) is 34.4 Å². The third-order valence-electron chi connectivity index (χ3n) is 8.31. The molecule has 1 N–H and O–H groups in total. The monoisotopic (exact) mass is 719 g/mol. The van der Waals surface area contributed by atoms with Crippen LogP contribution in [0.15, 0.2) is 85.2 Å². The first-order valence-corrected chi connectivity index (χ1v) is 16.3. The minimum atomic E-state index is -3.20. The van der Waals surface area contributed by atoms with Crippen molar-refractivity contribution in [1.29, 1.82) is 0 Å².